The lowest BCUT2D eigenvalue weighted by atomic mass is 9.66. The molecule has 0 N–H and O–H groups in total. The van der Waals surface area contributed by atoms with Gasteiger partial charge in [-0.25, -0.2) is 14.4 Å². The van der Waals surface area contributed by atoms with E-state index in [1.165, 1.54) is 43.8 Å². The number of aryl methyl sites for hydroxylation is 1. The van der Waals surface area contributed by atoms with Crippen molar-refractivity contribution in [2.75, 3.05) is 7.05 Å². The molecule has 2 heterocycles. The zero-order valence-corrected chi connectivity index (χ0v) is 32.9. The summed E-state index contributed by atoms with van der Waals surface area (Å²) in [5.74, 6) is 2.14. The zero-order valence-electron chi connectivity index (χ0n) is 32.9. The van der Waals surface area contributed by atoms with Crippen LogP contribution in [0, 0.1) is 24.1 Å². The normalized spacial score (nSPS) is 24.5. The highest BCUT2D eigenvalue weighted by molar-refractivity contribution is 6.26. The van der Waals surface area contributed by atoms with Gasteiger partial charge < -0.3 is 4.90 Å². The Bertz CT molecular complexity index is 2680. The van der Waals surface area contributed by atoms with Gasteiger partial charge >= 0.3 is 0 Å². The van der Waals surface area contributed by atoms with E-state index >= 15 is 0 Å². The Balaban J connectivity index is 1.02. The topological polar surface area (TPSA) is 40.3 Å². The lowest BCUT2D eigenvalue weighted by molar-refractivity contribution is 0.148. The van der Waals surface area contributed by atoms with Crippen molar-refractivity contribution in [1.82, 2.24) is 4.90 Å². The summed E-state index contributed by atoms with van der Waals surface area (Å²) in [6, 6.07) is 43.6. The van der Waals surface area contributed by atoms with E-state index < -0.39 is 0 Å². The van der Waals surface area contributed by atoms with E-state index in [4.69, 9.17) is 15.0 Å². The van der Waals surface area contributed by atoms with Gasteiger partial charge in [0, 0.05) is 35.2 Å². The predicted molar refractivity (Wildman–Crippen MR) is 234 cm³/mol. The number of halogens is 1. The first kappa shape index (κ1) is 35.5. The molecule has 0 radical (unpaired) electrons. The molecular weight excluding hydrogens is 700 g/mol. The minimum Gasteiger partial charge on any atom is -0.337 e. The first-order valence-corrected chi connectivity index (χ1v) is 20.5. The third-order valence-electron chi connectivity index (χ3n) is 13.2. The quantitative estimate of drug-likeness (QED) is 0.162. The molecule has 0 spiro atoms. The van der Waals surface area contributed by atoms with E-state index in [9.17, 15) is 4.39 Å². The molecule has 2 bridgehead atoms. The minimum absolute atomic E-state index is 0.00369. The van der Waals surface area contributed by atoms with Gasteiger partial charge in [-0.05, 0) is 113 Å². The van der Waals surface area contributed by atoms with Crippen molar-refractivity contribution in [1.29, 1.82) is 0 Å². The van der Waals surface area contributed by atoms with Crippen molar-refractivity contribution in [2.45, 2.75) is 64.1 Å². The summed E-state index contributed by atoms with van der Waals surface area (Å²) in [7, 11) is 2.18. The van der Waals surface area contributed by atoms with Crippen LogP contribution in [0.3, 0.4) is 0 Å². The zero-order chi connectivity index (χ0) is 38.7. The summed E-state index contributed by atoms with van der Waals surface area (Å²) >= 11 is 0. The van der Waals surface area contributed by atoms with Crippen LogP contribution in [0.25, 0.3) is 21.5 Å². The summed E-state index contributed by atoms with van der Waals surface area (Å²) < 4.78 is 14.3. The Labute approximate surface area is 334 Å². The molecule has 5 heteroatoms. The highest BCUT2D eigenvalue weighted by Gasteiger charge is 2.41. The maximum Gasteiger partial charge on any atom is 0.159 e. The van der Waals surface area contributed by atoms with Crippen molar-refractivity contribution in [3.63, 3.8) is 0 Å². The maximum absolute atomic E-state index is 14.3. The average molecular weight is 747 g/mol. The number of allylic oxidation sites excluding steroid dienone is 3. The van der Waals surface area contributed by atoms with Crippen LogP contribution in [0.4, 0.5) is 4.39 Å². The van der Waals surface area contributed by atoms with E-state index in [1.54, 1.807) is 12.1 Å². The summed E-state index contributed by atoms with van der Waals surface area (Å²) in [6.07, 6.45) is 12.6. The second-order valence-electron chi connectivity index (χ2n) is 16.7. The van der Waals surface area contributed by atoms with Gasteiger partial charge in [0.1, 0.15) is 17.8 Å². The molecule has 6 aromatic carbocycles. The van der Waals surface area contributed by atoms with E-state index in [0.29, 0.717) is 5.92 Å². The molecule has 0 aromatic heterocycles. The maximum atomic E-state index is 14.3. The van der Waals surface area contributed by atoms with Gasteiger partial charge in [-0.1, -0.05) is 128 Å². The lowest BCUT2D eigenvalue weighted by Crippen LogP contribution is -2.46. The number of amidine groups is 2. The molecule has 282 valence electrons. The molecule has 10 rings (SSSR count). The Kier molecular flexibility index (Phi) is 8.85. The summed E-state index contributed by atoms with van der Waals surface area (Å²) in [4.78, 5) is 18.5. The van der Waals surface area contributed by atoms with Crippen LogP contribution in [0.2, 0.25) is 0 Å². The van der Waals surface area contributed by atoms with E-state index in [2.05, 4.69) is 147 Å². The second kappa shape index (κ2) is 14.2. The molecule has 6 aromatic rings. The number of rotatable bonds is 5. The number of nitrogens with zero attached hydrogens (tertiary/aromatic N) is 4. The average Bonchev–Trinajstić information content (AvgIpc) is 3.56. The number of hydrogen-bond donors (Lipinski definition) is 0. The van der Waals surface area contributed by atoms with Gasteiger partial charge in [0.25, 0.3) is 0 Å². The fourth-order valence-electron chi connectivity index (χ4n) is 10.1. The Morgan fingerprint density at radius 1 is 0.702 bits per heavy atom. The van der Waals surface area contributed by atoms with Gasteiger partial charge in [-0.2, -0.15) is 0 Å². The Morgan fingerprint density at radius 2 is 1.35 bits per heavy atom. The van der Waals surface area contributed by atoms with Crippen LogP contribution in [0.15, 0.2) is 166 Å². The van der Waals surface area contributed by atoms with Crippen molar-refractivity contribution < 1.29 is 4.39 Å². The van der Waals surface area contributed by atoms with E-state index in [1.807, 2.05) is 12.1 Å². The van der Waals surface area contributed by atoms with Crippen LogP contribution < -0.4 is 0 Å². The Hall–Kier alpha value is -5.94. The molecular formula is C52H47FN4. The molecule has 1 fully saturated rings. The largest absolute Gasteiger partial charge is 0.337 e. The van der Waals surface area contributed by atoms with Gasteiger partial charge in [0.05, 0.1) is 11.8 Å². The van der Waals surface area contributed by atoms with Gasteiger partial charge in [-0.3, -0.25) is 4.99 Å². The summed E-state index contributed by atoms with van der Waals surface area (Å²) in [5, 5.41) is 4.97. The predicted octanol–water partition coefficient (Wildman–Crippen LogP) is 12.0. The molecule has 4 aliphatic rings. The molecule has 4 nitrogen and oxygen atoms in total. The lowest BCUT2D eigenvalue weighted by Gasteiger charge is -2.44. The fraction of sp³-hybridized carbons (Fsp3) is 0.250. The van der Waals surface area contributed by atoms with E-state index in [0.717, 1.165) is 66.2 Å². The molecule has 2 aliphatic carbocycles. The van der Waals surface area contributed by atoms with Crippen LogP contribution >= 0.6 is 0 Å². The highest BCUT2D eigenvalue weighted by atomic mass is 19.1. The molecule has 2 aliphatic heterocycles. The molecule has 3 unspecified atom stereocenters. The minimum atomic E-state index is -0.235. The van der Waals surface area contributed by atoms with Crippen molar-refractivity contribution in [3.05, 3.63) is 190 Å². The monoisotopic (exact) mass is 746 g/mol. The summed E-state index contributed by atoms with van der Waals surface area (Å²) in [6.45, 7) is 4.64. The first-order valence-electron chi connectivity index (χ1n) is 20.5. The first-order chi connectivity index (χ1) is 27.8. The second-order valence-corrected chi connectivity index (χ2v) is 16.7. The number of aliphatic imine (C=N–C) groups is 3. The fourth-order valence-corrected chi connectivity index (χ4v) is 10.1. The number of benzene rings is 6. The SMILES string of the molecule is Cc1ccccc1C1=NC(C2CCC(C)(C3=CC4CC(C=C3)N=C(c3ccc(F)cc3)c3c4c4ccccc4c4ccccc34)CC2)N(C)C(c2ccccc2)=N1. The Morgan fingerprint density at radius 3 is 2.09 bits per heavy atom. The van der Waals surface area contributed by atoms with Crippen LogP contribution in [0.5, 0.6) is 0 Å². The van der Waals surface area contributed by atoms with Gasteiger partial charge in [0.2, 0.25) is 0 Å². The van der Waals surface area contributed by atoms with Gasteiger partial charge in [-0.15, -0.1) is 0 Å². The van der Waals surface area contributed by atoms with Crippen molar-refractivity contribution >= 4 is 38.9 Å². The van der Waals surface area contributed by atoms with Crippen LogP contribution in [-0.2, 0) is 0 Å². The number of hydrogen-bond acceptors (Lipinski definition) is 4. The summed E-state index contributed by atoms with van der Waals surface area (Å²) in [5.41, 5.74) is 9.27. The van der Waals surface area contributed by atoms with Crippen molar-refractivity contribution in [3.8, 4) is 0 Å². The van der Waals surface area contributed by atoms with Crippen LogP contribution in [0.1, 0.15) is 78.3 Å². The standard InChI is InChI=1S/C52H47FN4/c1-33-13-7-8-16-41(33)49-55-50(35-14-5-4-6-15-35)57(3)51(56-49)36-27-29-52(2,30-28-36)38-23-26-40-32-37(31-38)46-44-19-11-9-17-42(44)43-18-10-12-20-45(43)47(46)48(54-40)34-21-24-39(53)25-22-34/h4-26,31,36-37,40,51H,27-30,32H2,1-3H3. The molecule has 3 atom stereocenters. The highest BCUT2D eigenvalue weighted by Crippen LogP contribution is 2.50. The molecule has 0 saturated heterocycles. The van der Waals surface area contributed by atoms with Crippen LogP contribution in [-0.4, -0.2) is 41.5 Å². The third kappa shape index (κ3) is 6.25. The number of fused-ring (bicyclic) bond motifs is 9. The molecule has 57 heavy (non-hydrogen) atoms. The molecule has 0 amide bonds. The van der Waals surface area contributed by atoms with Crippen molar-refractivity contribution in [2.24, 2.45) is 26.3 Å². The smallest absolute Gasteiger partial charge is 0.159 e. The molecule has 1 saturated carbocycles. The van der Waals surface area contributed by atoms with E-state index in [-0.39, 0.29) is 29.4 Å². The van der Waals surface area contributed by atoms with Gasteiger partial charge in [0.15, 0.2) is 5.84 Å². The third-order valence-corrected chi connectivity index (χ3v) is 13.2.